The summed E-state index contributed by atoms with van der Waals surface area (Å²) in [4.78, 5) is 0. The molecule has 0 aliphatic carbocycles. The van der Waals surface area contributed by atoms with Crippen molar-refractivity contribution in [1.82, 2.24) is 0 Å². The van der Waals surface area contributed by atoms with E-state index in [1.807, 2.05) is 6.92 Å². The second kappa shape index (κ2) is 8.30. The summed E-state index contributed by atoms with van der Waals surface area (Å²) in [7, 11) is 0. The predicted octanol–water partition coefficient (Wildman–Crippen LogP) is 3.15. The van der Waals surface area contributed by atoms with Crippen LogP contribution in [0.4, 0.5) is 0 Å². The van der Waals surface area contributed by atoms with E-state index in [9.17, 15) is 0 Å². The fourth-order valence-corrected chi connectivity index (χ4v) is 0.684. The Hall–Kier alpha value is -0.700. The first-order valence-corrected chi connectivity index (χ1v) is 3.96. The van der Waals surface area contributed by atoms with Crippen molar-refractivity contribution >= 4 is 0 Å². The first-order chi connectivity index (χ1) is 4.91. The molecule has 0 nitrogen and oxygen atoms in total. The molecule has 0 aliphatic rings. The van der Waals surface area contributed by atoms with Crippen molar-refractivity contribution < 1.29 is 0 Å². The highest BCUT2D eigenvalue weighted by Crippen LogP contribution is 1.95. The minimum absolute atomic E-state index is 0.917. The summed E-state index contributed by atoms with van der Waals surface area (Å²) in [5.41, 5.74) is 0. The maximum atomic E-state index is 2.99. The average Bonchev–Trinajstić information content (AvgIpc) is 1.97. The standard InChI is InChI=1S/C10H16/c1-3-5-7-9-10-8-6-4-2/h9-10H,3,5,7-8H2,1-2H3. The second-order valence-corrected chi connectivity index (χ2v) is 2.24. The van der Waals surface area contributed by atoms with Gasteiger partial charge < -0.3 is 0 Å². The molecule has 0 saturated carbocycles. The van der Waals surface area contributed by atoms with Crippen LogP contribution in [0.25, 0.3) is 0 Å². The Labute approximate surface area is 64.3 Å². The van der Waals surface area contributed by atoms with Gasteiger partial charge in [0.05, 0.1) is 0 Å². The van der Waals surface area contributed by atoms with E-state index >= 15 is 0 Å². The summed E-state index contributed by atoms with van der Waals surface area (Å²) >= 11 is 0. The van der Waals surface area contributed by atoms with Gasteiger partial charge in [-0.25, -0.2) is 0 Å². The Morgan fingerprint density at radius 3 is 2.70 bits per heavy atom. The van der Waals surface area contributed by atoms with Crippen LogP contribution in [0, 0.1) is 11.8 Å². The molecule has 0 heterocycles. The van der Waals surface area contributed by atoms with Gasteiger partial charge in [-0.2, -0.15) is 0 Å². The summed E-state index contributed by atoms with van der Waals surface area (Å²) in [6.07, 6.45) is 9.07. The molecule has 0 atom stereocenters. The molecular formula is C10H16. The van der Waals surface area contributed by atoms with E-state index in [4.69, 9.17) is 0 Å². The van der Waals surface area contributed by atoms with Crippen LogP contribution in [0.15, 0.2) is 12.2 Å². The predicted molar refractivity (Wildman–Crippen MR) is 46.7 cm³/mol. The molecule has 0 amide bonds. The van der Waals surface area contributed by atoms with E-state index in [1.165, 1.54) is 19.3 Å². The lowest BCUT2D eigenvalue weighted by Crippen LogP contribution is -1.66. The number of allylic oxidation sites excluding steroid dienone is 2. The lowest BCUT2D eigenvalue weighted by atomic mass is 10.2. The summed E-state index contributed by atoms with van der Waals surface area (Å²) in [5, 5.41) is 0. The molecule has 0 spiro atoms. The fraction of sp³-hybridized carbons (Fsp3) is 0.600. The normalized spacial score (nSPS) is 9.40. The van der Waals surface area contributed by atoms with Crippen molar-refractivity contribution in [3.05, 3.63) is 12.2 Å². The van der Waals surface area contributed by atoms with Crippen LogP contribution >= 0.6 is 0 Å². The van der Waals surface area contributed by atoms with Crippen LogP contribution in [0.2, 0.25) is 0 Å². The third-order valence-corrected chi connectivity index (χ3v) is 1.29. The van der Waals surface area contributed by atoms with Gasteiger partial charge in [0, 0.05) is 6.42 Å². The molecule has 0 aromatic carbocycles. The molecule has 0 aliphatic heterocycles. The third-order valence-electron chi connectivity index (χ3n) is 1.29. The van der Waals surface area contributed by atoms with Gasteiger partial charge >= 0.3 is 0 Å². The summed E-state index contributed by atoms with van der Waals surface area (Å²) in [6, 6.07) is 0. The zero-order valence-electron chi connectivity index (χ0n) is 6.98. The van der Waals surface area contributed by atoms with Gasteiger partial charge in [-0.3, -0.25) is 0 Å². The van der Waals surface area contributed by atoms with Crippen molar-refractivity contribution in [2.24, 2.45) is 0 Å². The highest BCUT2D eigenvalue weighted by Gasteiger charge is 1.75. The van der Waals surface area contributed by atoms with E-state index in [0.717, 1.165) is 6.42 Å². The van der Waals surface area contributed by atoms with Crippen LogP contribution in [0.5, 0.6) is 0 Å². The van der Waals surface area contributed by atoms with Gasteiger partial charge in [0.15, 0.2) is 0 Å². The molecule has 0 aromatic rings. The van der Waals surface area contributed by atoms with Gasteiger partial charge in [0.1, 0.15) is 0 Å². The second-order valence-electron chi connectivity index (χ2n) is 2.24. The van der Waals surface area contributed by atoms with E-state index < -0.39 is 0 Å². The van der Waals surface area contributed by atoms with E-state index in [0.29, 0.717) is 0 Å². The monoisotopic (exact) mass is 136 g/mol. The SMILES string of the molecule is CC#CCC=CCCCC. The Bertz CT molecular complexity index is 132. The topological polar surface area (TPSA) is 0 Å². The summed E-state index contributed by atoms with van der Waals surface area (Å²) in [5.74, 6) is 5.85. The van der Waals surface area contributed by atoms with Gasteiger partial charge in [-0.15, -0.1) is 5.92 Å². The van der Waals surface area contributed by atoms with Gasteiger partial charge in [-0.05, 0) is 13.3 Å². The van der Waals surface area contributed by atoms with Gasteiger partial charge in [0.2, 0.25) is 0 Å². The molecule has 0 aromatic heterocycles. The fourth-order valence-electron chi connectivity index (χ4n) is 0.684. The lowest BCUT2D eigenvalue weighted by Gasteiger charge is -1.85. The molecule has 0 bridgehead atoms. The highest BCUT2D eigenvalue weighted by atomic mass is 13.8. The van der Waals surface area contributed by atoms with Crippen molar-refractivity contribution in [2.45, 2.75) is 39.5 Å². The smallest absolute Gasteiger partial charge is 0.0269 e. The van der Waals surface area contributed by atoms with E-state index in [1.54, 1.807) is 0 Å². The largest absolute Gasteiger partial charge is 0.106 e. The number of hydrogen-bond donors (Lipinski definition) is 0. The molecule has 56 valence electrons. The Morgan fingerprint density at radius 2 is 2.10 bits per heavy atom. The molecule has 0 saturated heterocycles. The molecule has 0 unspecified atom stereocenters. The van der Waals surface area contributed by atoms with Crippen LogP contribution in [-0.2, 0) is 0 Å². The minimum Gasteiger partial charge on any atom is -0.106 e. The summed E-state index contributed by atoms with van der Waals surface area (Å²) in [6.45, 7) is 4.08. The average molecular weight is 136 g/mol. The number of hydrogen-bond acceptors (Lipinski definition) is 0. The molecule has 0 N–H and O–H groups in total. The Kier molecular flexibility index (Phi) is 7.72. The van der Waals surface area contributed by atoms with Crippen molar-refractivity contribution in [3.8, 4) is 11.8 Å². The van der Waals surface area contributed by atoms with E-state index in [-0.39, 0.29) is 0 Å². The highest BCUT2D eigenvalue weighted by molar-refractivity contribution is 5.01. The van der Waals surface area contributed by atoms with Gasteiger partial charge in [-0.1, -0.05) is 37.8 Å². The van der Waals surface area contributed by atoms with Crippen molar-refractivity contribution in [3.63, 3.8) is 0 Å². The minimum atomic E-state index is 0.917. The molecular weight excluding hydrogens is 120 g/mol. The van der Waals surface area contributed by atoms with Crippen LogP contribution in [-0.4, -0.2) is 0 Å². The zero-order valence-corrected chi connectivity index (χ0v) is 6.98. The molecule has 0 rings (SSSR count). The van der Waals surface area contributed by atoms with Crippen molar-refractivity contribution in [1.29, 1.82) is 0 Å². The van der Waals surface area contributed by atoms with Crippen LogP contribution in [0.3, 0.4) is 0 Å². The lowest BCUT2D eigenvalue weighted by molar-refractivity contribution is 0.813. The third kappa shape index (κ3) is 7.30. The van der Waals surface area contributed by atoms with Crippen LogP contribution in [0.1, 0.15) is 39.5 Å². The van der Waals surface area contributed by atoms with Gasteiger partial charge in [0.25, 0.3) is 0 Å². The van der Waals surface area contributed by atoms with Crippen molar-refractivity contribution in [2.75, 3.05) is 0 Å². The molecule has 0 fully saturated rings. The maximum Gasteiger partial charge on any atom is 0.0269 e. The zero-order chi connectivity index (χ0) is 7.66. The number of unbranched alkanes of at least 4 members (excludes halogenated alkanes) is 2. The molecule has 10 heavy (non-hydrogen) atoms. The number of rotatable bonds is 4. The Morgan fingerprint density at radius 1 is 1.30 bits per heavy atom. The van der Waals surface area contributed by atoms with E-state index in [2.05, 4.69) is 30.9 Å². The summed E-state index contributed by atoms with van der Waals surface area (Å²) < 4.78 is 0. The first kappa shape index (κ1) is 9.30. The Balaban J connectivity index is 3.09. The maximum absolute atomic E-state index is 2.99. The molecule has 0 heteroatoms. The first-order valence-electron chi connectivity index (χ1n) is 3.96. The molecule has 0 radical (unpaired) electrons. The van der Waals surface area contributed by atoms with Crippen LogP contribution < -0.4 is 0 Å². The quantitative estimate of drug-likeness (QED) is 0.316.